The number of ether oxygens (including phenoxy) is 1. The third-order valence-electron chi connectivity index (χ3n) is 3.68. The van der Waals surface area contributed by atoms with Gasteiger partial charge in [-0.15, -0.1) is 0 Å². The van der Waals surface area contributed by atoms with Crippen molar-refractivity contribution in [2.75, 3.05) is 25.7 Å². The van der Waals surface area contributed by atoms with Crippen LogP contribution in [0.25, 0.3) is 0 Å². The van der Waals surface area contributed by atoms with Crippen LogP contribution in [0.5, 0.6) is 0 Å². The maximum Gasteiger partial charge on any atom is 0.326 e. The summed E-state index contributed by atoms with van der Waals surface area (Å²) in [6.07, 6.45) is -1.24. The van der Waals surface area contributed by atoms with E-state index in [0.29, 0.717) is 0 Å². The highest BCUT2D eigenvalue weighted by Crippen LogP contribution is 2.29. The van der Waals surface area contributed by atoms with E-state index in [2.05, 4.69) is 9.50 Å². The standard InChI is InChI=1S/C12H20N2O9S2/c1-7-5-14(12(16)13-11(7)15)10-4-8(23-25(3,19)20)9(22-10)6-21-24(2,17)18/h7-10H,4-6H2,1-3H3,(H,13,15,16)/t7-,8-,9+,10+/m0/s1. The summed E-state index contributed by atoms with van der Waals surface area (Å²) in [5.41, 5.74) is 0. The highest BCUT2D eigenvalue weighted by molar-refractivity contribution is 7.86. The Morgan fingerprint density at radius 3 is 2.40 bits per heavy atom. The van der Waals surface area contributed by atoms with Crippen molar-refractivity contribution >= 4 is 32.2 Å². The average molecular weight is 400 g/mol. The van der Waals surface area contributed by atoms with Gasteiger partial charge in [-0.2, -0.15) is 16.8 Å². The second-order valence-electron chi connectivity index (χ2n) is 6.04. The molecule has 0 aliphatic carbocycles. The number of hydrogen-bond donors (Lipinski definition) is 1. The highest BCUT2D eigenvalue weighted by atomic mass is 32.2. The minimum atomic E-state index is -3.84. The van der Waals surface area contributed by atoms with Crippen LogP contribution in [0.1, 0.15) is 13.3 Å². The Labute approximate surface area is 145 Å². The van der Waals surface area contributed by atoms with Crippen LogP contribution in [0, 0.1) is 5.92 Å². The van der Waals surface area contributed by atoms with Crippen molar-refractivity contribution < 1.29 is 39.5 Å². The number of urea groups is 1. The molecule has 0 spiro atoms. The molecular formula is C12H20N2O9S2. The molecule has 13 heteroatoms. The number of nitrogens with zero attached hydrogens (tertiary/aromatic N) is 1. The number of carbonyl (C=O) groups is 2. The minimum absolute atomic E-state index is 0.0147. The van der Waals surface area contributed by atoms with Crippen molar-refractivity contribution in [3.63, 3.8) is 0 Å². The van der Waals surface area contributed by atoms with Gasteiger partial charge in [0, 0.05) is 13.0 Å². The third-order valence-corrected chi connectivity index (χ3v) is 4.84. The number of amides is 3. The predicted octanol–water partition coefficient (Wildman–Crippen LogP) is -1.39. The molecule has 2 aliphatic rings. The largest absolute Gasteiger partial charge is 0.350 e. The second kappa shape index (κ2) is 7.15. The lowest BCUT2D eigenvalue weighted by atomic mass is 10.1. The SMILES string of the molecule is C[C@H]1CN([C@H]2C[C@H](OS(C)(=O)=O)[C@@H](COS(C)(=O)=O)O2)C(=O)NC1=O. The van der Waals surface area contributed by atoms with E-state index in [1.807, 2.05) is 0 Å². The van der Waals surface area contributed by atoms with Gasteiger partial charge >= 0.3 is 6.03 Å². The second-order valence-corrected chi connectivity index (χ2v) is 9.28. The monoisotopic (exact) mass is 400 g/mol. The number of rotatable bonds is 6. The summed E-state index contributed by atoms with van der Waals surface area (Å²) in [6, 6.07) is -0.670. The van der Waals surface area contributed by atoms with E-state index in [-0.39, 0.29) is 13.0 Å². The molecule has 4 atom stereocenters. The smallest absolute Gasteiger partial charge is 0.326 e. The van der Waals surface area contributed by atoms with Crippen LogP contribution in [-0.4, -0.2) is 77.8 Å². The van der Waals surface area contributed by atoms with Gasteiger partial charge < -0.3 is 4.74 Å². The van der Waals surface area contributed by atoms with Crippen LogP contribution in [0.2, 0.25) is 0 Å². The molecule has 144 valence electrons. The highest BCUT2D eigenvalue weighted by Gasteiger charge is 2.45. The Balaban J connectivity index is 2.13. The summed E-state index contributed by atoms with van der Waals surface area (Å²) in [4.78, 5) is 24.7. The van der Waals surface area contributed by atoms with Gasteiger partial charge in [-0.3, -0.25) is 23.4 Å². The van der Waals surface area contributed by atoms with Gasteiger partial charge in [0.1, 0.15) is 18.4 Å². The molecule has 0 radical (unpaired) electrons. The van der Waals surface area contributed by atoms with Gasteiger partial charge in [-0.1, -0.05) is 6.92 Å². The number of nitrogens with one attached hydrogen (secondary N) is 1. The lowest BCUT2D eigenvalue weighted by molar-refractivity contribution is -0.128. The predicted molar refractivity (Wildman–Crippen MR) is 83.2 cm³/mol. The van der Waals surface area contributed by atoms with E-state index in [4.69, 9.17) is 8.92 Å². The molecule has 0 aromatic heterocycles. The Bertz CT molecular complexity index is 749. The first-order chi connectivity index (χ1) is 11.4. The zero-order valence-corrected chi connectivity index (χ0v) is 15.5. The summed E-state index contributed by atoms with van der Waals surface area (Å²) >= 11 is 0. The first-order valence-corrected chi connectivity index (χ1v) is 11.0. The first kappa shape index (κ1) is 20.0. The van der Waals surface area contributed by atoms with E-state index >= 15 is 0 Å². The molecule has 0 saturated carbocycles. The molecule has 3 amide bonds. The normalized spacial score (nSPS) is 31.2. The van der Waals surface area contributed by atoms with Crippen molar-refractivity contribution in [2.24, 2.45) is 5.92 Å². The fourth-order valence-electron chi connectivity index (χ4n) is 2.57. The molecule has 1 N–H and O–H groups in total. The first-order valence-electron chi connectivity index (χ1n) is 7.35. The number of carbonyl (C=O) groups excluding carboxylic acids is 2. The van der Waals surface area contributed by atoms with E-state index in [0.717, 1.165) is 12.5 Å². The van der Waals surface area contributed by atoms with E-state index in [1.165, 1.54) is 4.90 Å². The average Bonchev–Trinajstić information content (AvgIpc) is 2.80. The van der Waals surface area contributed by atoms with Gasteiger partial charge in [0.25, 0.3) is 20.2 Å². The van der Waals surface area contributed by atoms with Gasteiger partial charge in [0.05, 0.1) is 25.0 Å². The maximum atomic E-state index is 12.0. The molecular weight excluding hydrogens is 380 g/mol. The summed E-state index contributed by atoms with van der Waals surface area (Å²) < 4.78 is 60.3. The topological polar surface area (TPSA) is 145 Å². The Kier molecular flexibility index (Phi) is 5.73. The summed E-state index contributed by atoms with van der Waals surface area (Å²) in [5.74, 6) is -0.887. The van der Waals surface area contributed by atoms with Crippen LogP contribution in [-0.2, 0) is 38.1 Å². The lowest BCUT2D eigenvalue weighted by Crippen LogP contribution is -2.57. The van der Waals surface area contributed by atoms with Crippen LogP contribution in [0.3, 0.4) is 0 Å². The Hall–Kier alpha value is -1.28. The molecule has 0 bridgehead atoms. The molecule has 11 nitrogen and oxygen atoms in total. The molecule has 2 fully saturated rings. The zero-order chi connectivity index (χ0) is 19.0. The molecule has 2 heterocycles. The maximum absolute atomic E-state index is 12.0. The van der Waals surface area contributed by atoms with Crippen molar-refractivity contribution in [3.8, 4) is 0 Å². The lowest BCUT2D eigenvalue weighted by Gasteiger charge is -2.34. The molecule has 2 rings (SSSR count). The molecule has 25 heavy (non-hydrogen) atoms. The quantitative estimate of drug-likeness (QED) is 0.532. The Morgan fingerprint density at radius 2 is 1.84 bits per heavy atom. The van der Waals surface area contributed by atoms with Gasteiger partial charge in [-0.05, 0) is 0 Å². The summed E-state index contributed by atoms with van der Waals surface area (Å²) in [5, 5.41) is 2.17. The minimum Gasteiger partial charge on any atom is -0.350 e. The van der Waals surface area contributed by atoms with Gasteiger partial charge in [0.2, 0.25) is 5.91 Å². The van der Waals surface area contributed by atoms with Gasteiger partial charge in [-0.25, -0.2) is 4.79 Å². The number of imide groups is 1. The van der Waals surface area contributed by atoms with Crippen LogP contribution in [0.15, 0.2) is 0 Å². The van der Waals surface area contributed by atoms with E-state index in [1.54, 1.807) is 6.92 Å². The summed E-state index contributed by atoms with van der Waals surface area (Å²) in [7, 11) is -7.61. The van der Waals surface area contributed by atoms with Crippen molar-refractivity contribution in [2.45, 2.75) is 31.8 Å². The van der Waals surface area contributed by atoms with E-state index in [9.17, 15) is 26.4 Å². The molecule has 0 unspecified atom stereocenters. The summed E-state index contributed by atoms with van der Waals surface area (Å²) in [6.45, 7) is 1.25. The van der Waals surface area contributed by atoms with Crippen molar-refractivity contribution in [1.82, 2.24) is 10.2 Å². The fourth-order valence-corrected chi connectivity index (χ4v) is 3.60. The Morgan fingerprint density at radius 1 is 1.20 bits per heavy atom. The molecule has 2 saturated heterocycles. The molecule has 0 aromatic rings. The van der Waals surface area contributed by atoms with Crippen LogP contribution >= 0.6 is 0 Å². The van der Waals surface area contributed by atoms with Crippen molar-refractivity contribution in [1.29, 1.82) is 0 Å². The molecule has 2 aliphatic heterocycles. The molecule has 0 aromatic carbocycles. The number of hydrogen-bond acceptors (Lipinski definition) is 9. The van der Waals surface area contributed by atoms with Crippen molar-refractivity contribution in [3.05, 3.63) is 0 Å². The van der Waals surface area contributed by atoms with Crippen LogP contribution in [0.4, 0.5) is 4.79 Å². The zero-order valence-electron chi connectivity index (χ0n) is 13.9. The van der Waals surface area contributed by atoms with Crippen LogP contribution < -0.4 is 5.32 Å². The third kappa shape index (κ3) is 5.60. The van der Waals surface area contributed by atoms with Gasteiger partial charge in [0.15, 0.2) is 0 Å². The van der Waals surface area contributed by atoms with E-state index < -0.39 is 63.1 Å². The fraction of sp³-hybridized carbons (Fsp3) is 0.833.